The fraction of sp³-hybridized carbons (Fsp3) is 0.440. The molecule has 2 aromatic rings. The summed E-state index contributed by atoms with van der Waals surface area (Å²) in [6, 6.07) is 16.1. The van der Waals surface area contributed by atoms with E-state index in [2.05, 4.69) is 24.3 Å². The molecule has 0 radical (unpaired) electrons. The Balaban J connectivity index is 1.47. The molecule has 32 heavy (non-hydrogen) atoms. The molecule has 2 aromatic carbocycles. The van der Waals surface area contributed by atoms with E-state index in [-0.39, 0.29) is 6.61 Å². The fourth-order valence-corrected chi connectivity index (χ4v) is 2.67. The number of rotatable bonds is 18. The van der Waals surface area contributed by atoms with E-state index < -0.39 is 6.67 Å². The summed E-state index contributed by atoms with van der Waals surface area (Å²) in [5, 5.41) is 0. The molecule has 0 unspecified atom stereocenters. The highest BCUT2D eigenvalue weighted by Gasteiger charge is 1.96. The largest absolute Gasteiger partial charge is 0.491 e. The zero-order valence-corrected chi connectivity index (χ0v) is 18.5. The first-order valence-electron chi connectivity index (χ1n) is 10.9. The summed E-state index contributed by atoms with van der Waals surface area (Å²) < 4.78 is 38.6. The van der Waals surface area contributed by atoms with Gasteiger partial charge in [-0.05, 0) is 28.8 Å². The summed E-state index contributed by atoms with van der Waals surface area (Å²) in [5.41, 5.74) is 8.98. The number of hydrogen-bond donors (Lipinski definition) is 1. The maximum atomic E-state index is 11.8. The molecule has 0 aliphatic carbocycles. The molecule has 0 saturated heterocycles. The standard InChI is InChI=1S/C25H34FNO5/c26-11-12-28-13-14-29-15-16-30-17-18-31-19-20-32-25-9-7-23(8-10-25)2-1-22-3-5-24(21-27)6-4-22/h1-10H,11-21,27H2. The van der Waals surface area contributed by atoms with E-state index in [0.29, 0.717) is 59.4 Å². The molecule has 2 rings (SSSR count). The van der Waals surface area contributed by atoms with Crippen LogP contribution in [0.1, 0.15) is 16.7 Å². The van der Waals surface area contributed by atoms with Gasteiger partial charge in [0.1, 0.15) is 19.0 Å². The molecule has 0 amide bonds. The van der Waals surface area contributed by atoms with E-state index in [4.69, 9.17) is 29.4 Å². The summed E-state index contributed by atoms with van der Waals surface area (Å²) in [5.74, 6) is 0.807. The summed E-state index contributed by atoms with van der Waals surface area (Å²) in [6.45, 7) is 3.98. The average Bonchev–Trinajstić information content (AvgIpc) is 2.84. The van der Waals surface area contributed by atoms with Gasteiger partial charge in [0.25, 0.3) is 0 Å². The minimum Gasteiger partial charge on any atom is -0.491 e. The summed E-state index contributed by atoms with van der Waals surface area (Å²) >= 11 is 0. The molecule has 0 aromatic heterocycles. The Morgan fingerprint density at radius 3 is 1.50 bits per heavy atom. The topological polar surface area (TPSA) is 72.2 Å². The van der Waals surface area contributed by atoms with Crippen LogP contribution in [0.25, 0.3) is 12.2 Å². The van der Waals surface area contributed by atoms with E-state index >= 15 is 0 Å². The van der Waals surface area contributed by atoms with Gasteiger partial charge in [0, 0.05) is 6.54 Å². The maximum absolute atomic E-state index is 11.8. The number of nitrogens with two attached hydrogens (primary N) is 1. The average molecular weight is 448 g/mol. The van der Waals surface area contributed by atoms with E-state index in [1.165, 1.54) is 0 Å². The van der Waals surface area contributed by atoms with Gasteiger partial charge < -0.3 is 29.4 Å². The minimum absolute atomic E-state index is 0.120. The Labute approximate surface area is 190 Å². The van der Waals surface area contributed by atoms with E-state index in [1.54, 1.807) is 0 Å². The van der Waals surface area contributed by atoms with Crippen LogP contribution in [0.2, 0.25) is 0 Å². The van der Waals surface area contributed by atoms with Crippen molar-refractivity contribution in [1.29, 1.82) is 0 Å². The van der Waals surface area contributed by atoms with Crippen LogP contribution in [0.3, 0.4) is 0 Å². The molecular formula is C25H34FNO5. The third-order valence-corrected chi connectivity index (χ3v) is 4.40. The predicted octanol–water partition coefficient (Wildman–Crippen LogP) is 3.73. The van der Waals surface area contributed by atoms with Crippen molar-refractivity contribution < 1.29 is 28.1 Å². The van der Waals surface area contributed by atoms with Crippen LogP contribution in [0.15, 0.2) is 48.5 Å². The monoisotopic (exact) mass is 447 g/mol. The first-order valence-corrected chi connectivity index (χ1v) is 10.9. The Bertz CT molecular complexity index is 737. The van der Waals surface area contributed by atoms with Crippen molar-refractivity contribution in [2.75, 3.05) is 66.1 Å². The van der Waals surface area contributed by atoms with Crippen LogP contribution >= 0.6 is 0 Å². The van der Waals surface area contributed by atoms with Crippen LogP contribution < -0.4 is 10.5 Å². The van der Waals surface area contributed by atoms with Crippen molar-refractivity contribution in [2.45, 2.75) is 6.54 Å². The van der Waals surface area contributed by atoms with Crippen LogP contribution in [0, 0.1) is 0 Å². The molecule has 6 nitrogen and oxygen atoms in total. The second-order valence-corrected chi connectivity index (χ2v) is 6.84. The molecule has 0 saturated carbocycles. The van der Waals surface area contributed by atoms with Crippen molar-refractivity contribution in [3.8, 4) is 5.75 Å². The number of ether oxygens (including phenoxy) is 5. The van der Waals surface area contributed by atoms with Crippen molar-refractivity contribution in [3.05, 3.63) is 65.2 Å². The second-order valence-electron chi connectivity index (χ2n) is 6.84. The first kappa shape index (κ1) is 26.0. The molecule has 0 heterocycles. The van der Waals surface area contributed by atoms with Gasteiger partial charge in [0.05, 0.1) is 52.9 Å². The maximum Gasteiger partial charge on any atom is 0.119 e. The molecule has 0 bridgehead atoms. The van der Waals surface area contributed by atoms with Gasteiger partial charge in [-0.15, -0.1) is 0 Å². The third kappa shape index (κ3) is 11.9. The summed E-state index contributed by atoms with van der Waals surface area (Å²) in [4.78, 5) is 0. The van der Waals surface area contributed by atoms with Crippen LogP contribution in [0.5, 0.6) is 5.75 Å². The second kappa shape index (κ2) is 17.3. The fourth-order valence-electron chi connectivity index (χ4n) is 2.67. The van der Waals surface area contributed by atoms with Gasteiger partial charge in [-0.25, -0.2) is 4.39 Å². The van der Waals surface area contributed by atoms with Gasteiger partial charge in [0.15, 0.2) is 0 Å². The lowest BCUT2D eigenvalue weighted by atomic mass is 10.1. The lowest BCUT2D eigenvalue weighted by molar-refractivity contribution is -0.00557. The van der Waals surface area contributed by atoms with Crippen molar-refractivity contribution in [1.82, 2.24) is 0 Å². The Hall–Kier alpha value is -2.29. The summed E-state index contributed by atoms with van der Waals surface area (Å²) in [6.07, 6.45) is 4.14. The van der Waals surface area contributed by atoms with Crippen LogP contribution in [-0.2, 0) is 25.5 Å². The van der Waals surface area contributed by atoms with Crippen molar-refractivity contribution in [3.63, 3.8) is 0 Å². The number of alkyl halides is 1. The van der Waals surface area contributed by atoms with Gasteiger partial charge in [-0.3, -0.25) is 0 Å². The number of halogens is 1. The van der Waals surface area contributed by atoms with Crippen LogP contribution in [-0.4, -0.2) is 66.1 Å². The Morgan fingerprint density at radius 1 is 0.594 bits per heavy atom. The predicted molar refractivity (Wildman–Crippen MR) is 124 cm³/mol. The van der Waals surface area contributed by atoms with Crippen molar-refractivity contribution in [2.24, 2.45) is 5.73 Å². The van der Waals surface area contributed by atoms with Gasteiger partial charge in [0.2, 0.25) is 0 Å². The minimum atomic E-state index is -0.468. The molecule has 0 atom stereocenters. The molecule has 7 heteroatoms. The van der Waals surface area contributed by atoms with E-state index in [0.717, 1.165) is 22.4 Å². The molecule has 0 fully saturated rings. The highest BCUT2D eigenvalue weighted by molar-refractivity contribution is 5.69. The molecule has 0 aliphatic heterocycles. The number of benzene rings is 2. The van der Waals surface area contributed by atoms with Gasteiger partial charge in [-0.1, -0.05) is 48.6 Å². The quantitative estimate of drug-likeness (QED) is 0.277. The van der Waals surface area contributed by atoms with Gasteiger partial charge in [-0.2, -0.15) is 0 Å². The lowest BCUT2D eigenvalue weighted by Gasteiger charge is -2.08. The molecule has 0 spiro atoms. The molecular weight excluding hydrogens is 413 g/mol. The lowest BCUT2D eigenvalue weighted by Crippen LogP contribution is -2.14. The van der Waals surface area contributed by atoms with E-state index in [9.17, 15) is 4.39 Å². The van der Waals surface area contributed by atoms with Crippen LogP contribution in [0.4, 0.5) is 4.39 Å². The smallest absolute Gasteiger partial charge is 0.119 e. The Morgan fingerprint density at radius 2 is 1.03 bits per heavy atom. The SMILES string of the molecule is NCc1ccc(C=Cc2ccc(OCCOCCOCCOCCOCCF)cc2)cc1. The normalized spacial score (nSPS) is 11.3. The highest BCUT2D eigenvalue weighted by atomic mass is 19.1. The van der Waals surface area contributed by atoms with E-state index in [1.807, 2.05) is 36.4 Å². The molecule has 176 valence electrons. The van der Waals surface area contributed by atoms with Gasteiger partial charge >= 0.3 is 0 Å². The third-order valence-electron chi connectivity index (χ3n) is 4.40. The Kier molecular flexibility index (Phi) is 14.0. The zero-order valence-electron chi connectivity index (χ0n) is 18.5. The first-order chi connectivity index (χ1) is 15.8. The summed E-state index contributed by atoms with van der Waals surface area (Å²) in [7, 11) is 0. The zero-order chi connectivity index (χ0) is 22.7. The number of hydrogen-bond acceptors (Lipinski definition) is 6. The van der Waals surface area contributed by atoms with Crippen molar-refractivity contribution >= 4 is 12.2 Å². The molecule has 0 aliphatic rings. The highest BCUT2D eigenvalue weighted by Crippen LogP contribution is 2.15. The molecule has 2 N–H and O–H groups in total.